The predicted octanol–water partition coefficient (Wildman–Crippen LogP) is 3.03. The molecule has 0 unspecified atom stereocenters. The first kappa shape index (κ1) is 14.9. The van der Waals surface area contributed by atoms with E-state index in [2.05, 4.69) is 42.5 Å². The molecule has 4 nitrogen and oxygen atoms in total. The number of urea groups is 1. The summed E-state index contributed by atoms with van der Waals surface area (Å²) in [6.45, 7) is 6.37. The average molecular weight is 275 g/mol. The molecule has 2 N–H and O–H groups in total. The second-order valence-corrected chi connectivity index (χ2v) is 5.92. The summed E-state index contributed by atoms with van der Waals surface area (Å²) in [6.07, 6.45) is 2.05. The maximum atomic E-state index is 12.1. The predicted molar refractivity (Wildman–Crippen MR) is 83.2 cm³/mol. The van der Waals surface area contributed by atoms with Crippen LogP contribution in [0.2, 0.25) is 0 Å². The van der Waals surface area contributed by atoms with Crippen LogP contribution >= 0.6 is 0 Å². The normalized spacial score (nSPS) is 17.2. The van der Waals surface area contributed by atoms with Gasteiger partial charge in [0, 0.05) is 11.7 Å². The van der Waals surface area contributed by atoms with Crippen molar-refractivity contribution in [2.75, 3.05) is 25.5 Å². The summed E-state index contributed by atoms with van der Waals surface area (Å²) in [4.78, 5) is 14.4. The molecule has 0 saturated carbocycles. The molecular weight excluding hydrogens is 250 g/mol. The standard InChI is InChI=1S/C16H25N3O/c1-12(2)14-6-4-5-7-15(14)18-16(20)17-13-8-10-19(3)11-9-13/h4-7,12-13H,8-11H2,1-3H3,(H2,17,18,20). The Balaban J connectivity index is 1.91. The van der Waals surface area contributed by atoms with Gasteiger partial charge in [0.1, 0.15) is 0 Å². The molecule has 0 atom stereocenters. The Morgan fingerprint density at radius 2 is 1.90 bits per heavy atom. The molecule has 2 amide bonds. The smallest absolute Gasteiger partial charge is 0.319 e. The molecule has 0 aromatic heterocycles. The van der Waals surface area contributed by atoms with E-state index in [0.717, 1.165) is 31.6 Å². The van der Waals surface area contributed by atoms with Gasteiger partial charge in [-0.15, -0.1) is 0 Å². The number of para-hydroxylation sites is 1. The summed E-state index contributed by atoms with van der Waals surface area (Å²) in [7, 11) is 2.12. The van der Waals surface area contributed by atoms with E-state index in [1.54, 1.807) is 0 Å². The van der Waals surface area contributed by atoms with Crippen LogP contribution in [0.3, 0.4) is 0 Å². The fourth-order valence-electron chi connectivity index (χ4n) is 2.61. The SMILES string of the molecule is CC(C)c1ccccc1NC(=O)NC1CCN(C)CC1. The molecular formula is C16H25N3O. The number of carbonyl (C=O) groups excluding carboxylic acids is 1. The van der Waals surface area contributed by atoms with Crippen LogP contribution in [0.15, 0.2) is 24.3 Å². The van der Waals surface area contributed by atoms with Crippen LogP contribution in [0, 0.1) is 0 Å². The molecule has 0 aliphatic carbocycles. The van der Waals surface area contributed by atoms with Crippen molar-refractivity contribution in [3.8, 4) is 0 Å². The zero-order valence-electron chi connectivity index (χ0n) is 12.6. The Hall–Kier alpha value is -1.55. The third kappa shape index (κ3) is 3.97. The lowest BCUT2D eigenvalue weighted by Crippen LogP contribution is -2.44. The molecule has 1 aromatic carbocycles. The second-order valence-electron chi connectivity index (χ2n) is 5.92. The Morgan fingerprint density at radius 3 is 2.55 bits per heavy atom. The first-order valence-corrected chi connectivity index (χ1v) is 7.41. The van der Waals surface area contributed by atoms with E-state index in [1.165, 1.54) is 5.56 Å². The van der Waals surface area contributed by atoms with Crippen LogP contribution in [0.25, 0.3) is 0 Å². The Labute approximate surface area is 121 Å². The van der Waals surface area contributed by atoms with Gasteiger partial charge in [0.25, 0.3) is 0 Å². The number of nitrogens with one attached hydrogen (secondary N) is 2. The van der Waals surface area contributed by atoms with E-state index < -0.39 is 0 Å². The molecule has 1 aliphatic rings. The molecule has 1 saturated heterocycles. The molecule has 2 rings (SSSR count). The van der Waals surface area contributed by atoms with Crippen molar-refractivity contribution in [2.24, 2.45) is 0 Å². The Kier molecular flexibility index (Phi) is 5.01. The summed E-state index contributed by atoms with van der Waals surface area (Å²) in [5.74, 6) is 0.398. The van der Waals surface area contributed by atoms with Gasteiger partial charge in [0.05, 0.1) is 0 Å². The highest BCUT2D eigenvalue weighted by Crippen LogP contribution is 2.23. The van der Waals surface area contributed by atoms with E-state index in [1.807, 2.05) is 18.2 Å². The van der Waals surface area contributed by atoms with Gasteiger partial charge >= 0.3 is 6.03 Å². The second kappa shape index (κ2) is 6.75. The number of nitrogens with zero attached hydrogens (tertiary/aromatic N) is 1. The van der Waals surface area contributed by atoms with Crippen LogP contribution in [0.1, 0.15) is 38.2 Å². The lowest BCUT2D eigenvalue weighted by Gasteiger charge is -2.29. The molecule has 4 heteroatoms. The van der Waals surface area contributed by atoms with Gasteiger partial charge in [-0.1, -0.05) is 32.0 Å². The van der Waals surface area contributed by atoms with E-state index in [9.17, 15) is 4.79 Å². The highest BCUT2D eigenvalue weighted by molar-refractivity contribution is 5.90. The van der Waals surface area contributed by atoms with Gasteiger partial charge in [0.2, 0.25) is 0 Å². The Bertz CT molecular complexity index is 451. The third-order valence-electron chi connectivity index (χ3n) is 3.88. The van der Waals surface area contributed by atoms with Crippen molar-refractivity contribution >= 4 is 11.7 Å². The molecule has 1 aromatic rings. The van der Waals surface area contributed by atoms with Crippen molar-refractivity contribution < 1.29 is 4.79 Å². The molecule has 0 spiro atoms. The van der Waals surface area contributed by atoms with E-state index >= 15 is 0 Å². The number of benzene rings is 1. The molecule has 20 heavy (non-hydrogen) atoms. The summed E-state index contributed by atoms with van der Waals surface area (Å²) in [5.41, 5.74) is 2.08. The van der Waals surface area contributed by atoms with Gasteiger partial charge in [-0.25, -0.2) is 4.79 Å². The molecule has 1 fully saturated rings. The molecule has 1 aliphatic heterocycles. The minimum Gasteiger partial charge on any atom is -0.335 e. The topological polar surface area (TPSA) is 44.4 Å². The minimum absolute atomic E-state index is 0.0901. The fraction of sp³-hybridized carbons (Fsp3) is 0.562. The number of hydrogen-bond donors (Lipinski definition) is 2. The average Bonchev–Trinajstić information content (AvgIpc) is 2.41. The fourth-order valence-corrected chi connectivity index (χ4v) is 2.61. The van der Waals surface area contributed by atoms with Crippen LogP contribution in [0.5, 0.6) is 0 Å². The number of rotatable bonds is 3. The largest absolute Gasteiger partial charge is 0.335 e. The van der Waals surface area contributed by atoms with Gasteiger partial charge < -0.3 is 15.5 Å². The van der Waals surface area contributed by atoms with Crippen LogP contribution in [0.4, 0.5) is 10.5 Å². The lowest BCUT2D eigenvalue weighted by molar-refractivity contribution is 0.221. The maximum absolute atomic E-state index is 12.1. The molecule has 110 valence electrons. The number of hydrogen-bond acceptors (Lipinski definition) is 2. The van der Waals surface area contributed by atoms with Crippen molar-refractivity contribution in [3.63, 3.8) is 0 Å². The number of anilines is 1. The lowest BCUT2D eigenvalue weighted by atomic mass is 10.0. The monoisotopic (exact) mass is 275 g/mol. The number of carbonyl (C=O) groups is 1. The van der Waals surface area contributed by atoms with E-state index in [-0.39, 0.29) is 12.1 Å². The Morgan fingerprint density at radius 1 is 1.25 bits per heavy atom. The molecule has 1 heterocycles. The first-order chi connectivity index (χ1) is 9.56. The highest BCUT2D eigenvalue weighted by atomic mass is 16.2. The summed E-state index contributed by atoms with van der Waals surface area (Å²) < 4.78 is 0. The van der Waals surface area contributed by atoms with Crippen molar-refractivity contribution in [3.05, 3.63) is 29.8 Å². The van der Waals surface area contributed by atoms with Gasteiger partial charge in [-0.3, -0.25) is 0 Å². The van der Waals surface area contributed by atoms with Crippen molar-refractivity contribution in [2.45, 2.75) is 38.6 Å². The molecule has 0 bridgehead atoms. The van der Waals surface area contributed by atoms with Gasteiger partial charge in [-0.05, 0) is 50.5 Å². The zero-order valence-corrected chi connectivity index (χ0v) is 12.6. The summed E-state index contributed by atoms with van der Waals surface area (Å²) in [6, 6.07) is 8.19. The number of likely N-dealkylation sites (tertiary alicyclic amines) is 1. The molecule has 0 radical (unpaired) electrons. The van der Waals surface area contributed by atoms with Crippen LogP contribution in [-0.2, 0) is 0 Å². The number of amides is 2. The van der Waals surface area contributed by atoms with Crippen LogP contribution < -0.4 is 10.6 Å². The van der Waals surface area contributed by atoms with E-state index in [0.29, 0.717) is 5.92 Å². The van der Waals surface area contributed by atoms with Crippen molar-refractivity contribution in [1.29, 1.82) is 0 Å². The van der Waals surface area contributed by atoms with E-state index in [4.69, 9.17) is 0 Å². The van der Waals surface area contributed by atoms with Gasteiger partial charge in [0.15, 0.2) is 0 Å². The highest BCUT2D eigenvalue weighted by Gasteiger charge is 2.18. The minimum atomic E-state index is -0.0901. The quantitative estimate of drug-likeness (QED) is 0.890. The first-order valence-electron chi connectivity index (χ1n) is 7.41. The van der Waals surface area contributed by atoms with Gasteiger partial charge in [-0.2, -0.15) is 0 Å². The zero-order chi connectivity index (χ0) is 14.5. The summed E-state index contributed by atoms with van der Waals surface area (Å²) >= 11 is 0. The summed E-state index contributed by atoms with van der Waals surface area (Å²) in [5, 5.41) is 6.06. The number of piperidine rings is 1. The van der Waals surface area contributed by atoms with Crippen molar-refractivity contribution in [1.82, 2.24) is 10.2 Å². The van der Waals surface area contributed by atoms with Crippen LogP contribution in [-0.4, -0.2) is 37.1 Å². The third-order valence-corrected chi connectivity index (χ3v) is 3.88. The maximum Gasteiger partial charge on any atom is 0.319 e.